The van der Waals surface area contributed by atoms with E-state index in [0.717, 1.165) is 55.9 Å². The molecular weight excluding hydrogens is 448 g/mol. The van der Waals surface area contributed by atoms with Crippen LogP contribution in [0.15, 0.2) is 72.8 Å². The lowest BCUT2D eigenvalue weighted by atomic mass is 10.0. The highest BCUT2D eigenvalue weighted by Crippen LogP contribution is 2.24. The fourth-order valence-corrected chi connectivity index (χ4v) is 4.43. The van der Waals surface area contributed by atoms with Crippen molar-refractivity contribution in [3.63, 3.8) is 0 Å². The first kappa shape index (κ1) is 24.7. The normalized spacial score (nSPS) is 14.5. The van der Waals surface area contributed by atoms with Gasteiger partial charge in [0.1, 0.15) is 17.4 Å². The highest BCUT2D eigenvalue weighted by atomic mass is 19.1. The topological polar surface area (TPSA) is 44.8 Å². The van der Waals surface area contributed by atoms with Crippen molar-refractivity contribution < 1.29 is 18.3 Å². The molecule has 0 bridgehead atoms. The molecule has 0 atom stereocenters. The number of amides is 2. The van der Waals surface area contributed by atoms with E-state index in [0.29, 0.717) is 13.2 Å². The molecule has 0 aromatic heterocycles. The molecule has 184 valence electrons. The third kappa shape index (κ3) is 6.79. The first-order chi connectivity index (χ1) is 17.0. The van der Waals surface area contributed by atoms with E-state index in [9.17, 15) is 13.6 Å². The number of hydrogen-bond acceptors (Lipinski definition) is 3. The first-order valence-corrected chi connectivity index (χ1v) is 12.0. The molecule has 0 aliphatic carbocycles. The molecule has 1 aliphatic rings. The Kier molecular flexibility index (Phi) is 8.32. The predicted octanol–water partition coefficient (Wildman–Crippen LogP) is 6.06. The minimum atomic E-state index is -0.794. The van der Waals surface area contributed by atoms with E-state index < -0.39 is 17.7 Å². The van der Waals surface area contributed by atoms with Crippen molar-refractivity contribution in [1.82, 2.24) is 9.80 Å². The summed E-state index contributed by atoms with van der Waals surface area (Å²) in [6.07, 6.45) is 1.62. The smallest absolute Gasteiger partial charge is 0.322 e. The van der Waals surface area contributed by atoms with Gasteiger partial charge < -0.3 is 15.0 Å². The number of hydrogen-bond donors (Lipinski definition) is 1. The maximum atomic E-state index is 14.2. The minimum Gasteiger partial charge on any atom is -0.494 e. The number of nitrogens with one attached hydrogen (secondary N) is 1. The van der Waals surface area contributed by atoms with Crippen molar-refractivity contribution in [2.45, 2.75) is 38.9 Å². The molecule has 3 aromatic carbocycles. The van der Waals surface area contributed by atoms with Gasteiger partial charge in [0.25, 0.3) is 0 Å². The van der Waals surface area contributed by atoms with Gasteiger partial charge in [-0.15, -0.1) is 0 Å². The zero-order chi connectivity index (χ0) is 24.6. The first-order valence-electron chi connectivity index (χ1n) is 12.0. The number of urea groups is 1. The summed E-state index contributed by atoms with van der Waals surface area (Å²) in [5, 5.41) is 2.64. The largest absolute Gasteiger partial charge is 0.494 e. The molecule has 1 N–H and O–H groups in total. The van der Waals surface area contributed by atoms with Crippen molar-refractivity contribution in [2.75, 3.05) is 25.0 Å². The maximum Gasteiger partial charge on any atom is 0.322 e. The fraction of sp³-hybridized carbons (Fsp3) is 0.321. The molecule has 0 unspecified atom stereocenters. The van der Waals surface area contributed by atoms with Crippen LogP contribution >= 0.6 is 0 Å². The van der Waals surface area contributed by atoms with Crippen LogP contribution in [0.4, 0.5) is 19.3 Å². The van der Waals surface area contributed by atoms with Crippen LogP contribution in [0.2, 0.25) is 0 Å². The molecule has 1 saturated heterocycles. The second kappa shape index (κ2) is 11.8. The summed E-state index contributed by atoms with van der Waals surface area (Å²) < 4.78 is 33.1. The van der Waals surface area contributed by atoms with E-state index >= 15 is 0 Å². The Morgan fingerprint density at radius 1 is 1.00 bits per heavy atom. The summed E-state index contributed by atoms with van der Waals surface area (Å²) in [6.45, 7) is 5.48. The monoisotopic (exact) mass is 479 g/mol. The second-order valence-electron chi connectivity index (χ2n) is 8.75. The Labute approximate surface area is 205 Å². The van der Waals surface area contributed by atoms with Gasteiger partial charge in [0.2, 0.25) is 0 Å². The number of likely N-dealkylation sites (tertiary alicyclic amines) is 1. The van der Waals surface area contributed by atoms with Gasteiger partial charge in [-0.2, -0.15) is 0 Å². The molecule has 0 radical (unpaired) electrons. The quantitative estimate of drug-likeness (QED) is 0.427. The second-order valence-corrected chi connectivity index (χ2v) is 8.75. The summed E-state index contributed by atoms with van der Waals surface area (Å²) in [5.74, 6) is -0.704. The van der Waals surface area contributed by atoms with Gasteiger partial charge in [-0.25, -0.2) is 13.6 Å². The molecule has 7 heteroatoms. The number of ether oxygens (including phenoxy) is 1. The lowest BCUT2D eigenvalue weighted by Crippen LogP contribution is -2.48. The summed E-state index contributed by atoms with van der Waals surface area (Å²) in [4.78, 5) is 17.5. The number of rotatable bonds is 8. The third-order valence-corrected chi connectivity index (χ3v) is 6.27. The van der Waals surface area contributed by atoms with Crippen LogP contribution in [0.25, 0.3) is 0 Å². The molecule has 35 heavy (non-hydrogen) atoms. The number of anilines is 1. The fourth-order valence-electron chi connectivity index (χ4n) is 4.43. The van der Waals surface area contributed by atoms with E-state index in [2.05, 4.69) is 22.3 Å². The number of nitrogens with zero attached hydrogens (tertiary/aromatic N) is 2. The summed E-state index contributed by atoms with van der Waals surface area (Å²) >= 11 is 0. The molecular formula is C28H31F2N3O2. The molecule has 3 aromatic rings. The van der Waals surface area contributed by atoms with Gasteiger partial charge in [0.05, 0.1) is 12.3 Å². The van der Waals surface area contributed by atoms with E-state index in [1.807, 2.05) is 49.4 Å². The molecule has 5 nitrogen and oxygen atoms in total. The number of carbonyl (C=O) groups is 1. The van der Waals surface area contributed by atoms with Gasteiger partial charge in [0, 0.05) is 38.3 Å². The van der Waals surface area contributed by atoms with Gasteiger partial charge in [-0.05, 0) is 55.2 Å². The van der Waals surface area contributed by atoms with E-state index in [-0.39, 0.29) is 11.7 Å². The van der Waals surface area contributed by atoms with Crippen LogP contribution < -0.4 is 10.1 Å². The van der Waals surface area contributed by atoms with Gasteiger partial charge >= 0.3 is 6.03 Å². The Morgan fingerprint density at radius 3 is 2.37 bits per heavy atom. The Hall–Kier alpha value is -3.45. The number of piperidine rings is 1. The summed E-state index contributed by atoms with van der Waals surface area (Å²) in [7, 11) is 0. The molecule has 1 heterocycles. The summed E-state index contributed by atoms with van der Waals surface area (Å²) in [6, 6.07) is 20.7. The van der Waals surface area contributed by atoms with Crippen LogP contribution in [0.1, 0.15) is 30.9 Å². The predicted molar refractivity (Wildman–Crippen MR) is 133 cm³/mol. The molecule has 0 saturated carbocycles. The summed E-state index contributed by atoms with van der Waals surface area (Å²) in [5.41, 5.74) is 2.19. The van der Waals surface area contributed by atoms with Crippen LogP contribution in [0.5, 0.6) is 5.75 Å². The maximum absolute atomic E-state index is 14.2. The molecule has 4 rings (SSSR count). The molecule has 0 spiro atoms. The van der Waals surface area contributed by atoms with Crippen LogP contribution in [-0.4, -0.2) is 41.6 Å². The third-order valence-electron chi connectivity index (χ3n) is 6.27. The Morgan fingerprint density at radius 2 is 1.71 bits per heavy atom. The standard InChI is InChI=1S/C28H31F2N3O2/c1-2-35-25-11-8-22(9-12-25)20-33(28(34)31-27-13-10-23(29)18-26(27)30)24-14-16-32(17-15-24)19-21-6-4-3-5-7-21/h3-13,18,24H,2,14-17,19-20H2,1H3,(H,31,34). The zero-order valence-electron chi connectivity index (χ0n) is 19.9. The molecule has 2 amide bonds. The minimum absolute atomic E-state index is 0.00268. The van der Waals surface area contributed by atoms with E-state index in [4.69, 9.17) is 4.74 Å². The number of carbonyl (C=O) groups excluding carboxylic acids is 1. The van der Waals surface area contributed by atoms with Crippen molar-refractivity contribution >= 4 is 11.7 Å². The highest BCUT2D eigenvalue weighted by molar-refractivity contribution is 5.89. The van der Waals surface area contributed by atoms with Gasteiger partial charge in [-0.3, -0.25) is 4.90 Å². The lowest BCUT2D eigenvalue weighted by Gasteiger charge is -2.38. The van der Waals surface area contributed by atoms with Crippen LogP contribution in [-0.2, 0) is 13.1 Å². The van der Waals surface area contributed by atoms with Gasteiger partial charge in [-0.1, -0.05) is 42.5 Å². The van der Waals surface area contributed by atoms with Crippen LogP contribution in [0, 0.1) is 11.6 Å². The Balaban J connectivity index is 1.46. The lowest BCUT2D eigenvalue weighted by molar-refractivity contribution is 0.120. The average Bonchev–Trinajstić information content (AvgIpc) is 2.87. The van der Waals surface area contributed by atoms with Crippen molar-refractivity contribution in [1.29, 1.82) is 0 Å². The van der Waals surface area contributed by atoms with Gasteiger partial charge in [0.15, 0.2) is 0 Å². The Bertz CT molecular complexity index is 1100. The van der Waals surface area contributed by atoms with E-state index in [1.165, 1.54) is 11.6 Å². The average molecular weight is 480 g/mol. The van der Waals surface area contributed by atoms with E-state index in [1.54, 1.807) is 4.90 Å². The number of halogens is 2. The van der Waals surface area contributed by atoms with Crippen molar-refractivity contribution in [3.8, 4) is 5.75 Å². The number of benzene rings is 3. The van der Waals surface area contributed by atoms with Crippen molar-refractivity contribution in [2.24, 2.45) is 0 Å². The zero-order valence-corrected chi connectivity index (χ0v) is 19.9. The highest BCUT2D eigenvalue weighted by Gasteiger charge is 2.29. The SMILES string of the molecule is CCOc1ccc(CN(C(=O)Nc2ccc(F)cc2F)C2CCN(Cc3ccccc3)CC2)cc1. The molecule has 1 fully saturated rings. The van der Waals surface area contributed by atoms with Crippen molar-refractivity contribution in [3.05, 3.63) is 95.6 Å². The van der Waals surface area contributed by atoms with Crippen LogP contribution in [0.3, 0.4) is 0 Å². The molecule has 1 aliphatic heterocycles.